The largest absolute Gasteiger partial charge is 0.453 e. The Labute approximate surface area is 201 Å². The number of aromatic amines is 1. The molecule has 1 N–H and O–H groups in total. The number of carbonyl (C=O) groups is 1. The number of aromatic nitrogens is 5. The molecule has 9 nitrogen and oxygen atoms in total. The second kappa shape index (κ2) is 8.99. The minimum absolute atomic E-state index is 0.125. The molecular formula is C23H21N5O4S2. The molecule has 4 aromatic heterocycles. The molecule has 0 atom stereocenters. The van der Waals surface area contributed by atoms with Crippen molar-refractivity contribution in [2.45, 2.75) is 32.9 Å². The highest BCUT2D eigenvalue weighted by molar-refractivity contribution is 7.26. The molecule has 0 bridgehead atoms. The average Bonchev–Trinajstić information content (AvgIpc) is 3.54. The van der Waals surface area contributed by atoms with Gasteiger partial charge in [0.15, 0.2) is 11.2 Å². The van der Waals surface area contributed by atoms with Crippen LogP contribution >= 0.6 is 22.7 Å². The van der Waals surface area contributed by atoms with Crippen molar-refractivity contribution in [3.8, 4) is 9.88 Å². The minimum Gasteiger partial charge on any atom is -0.453 e. The van der Waals surface area contributed by atoms with Gasteiger partial charge in [-0.3, -0.25) is 14.3 Å². The summed E-state index contributed by atoms with van der Waals surface area (Å²) in [5.74, 6) is -0.102. The molecule has 0 saturated heterocycles. The summed E-state index contributed by atoms with van der Waals surface area (Å²) in [7, 11) is 1.67. The minimum atomic E-state index is -0.515. The Morgan fingerprint density at radius 2 is 1.94 bits per heavy atom. The summed E-state index contributed by atoms with van der Waals surface area (Å²) < 4.78 is 9.60. The monoisotopic (exact) mass is 495 g/mol. The maximum absolute atomic E-state index is 12.7. The second-order valence-electron chi connectivity index (χ2n) is 7.75. The number of H-pyrrole nitrogens is 1. The molecule has 0 aliphatic heterocycles. The van der Waals surface area contributed by atoms with E-state index >= 15 is 0 Å². The lowest BCUT2D eigenvalue weighted by atomic mass is 10.3. The van der Waals surface area contributed by atoms with Crippen LogP contribution in [0.25, 0.3) is 31.3 Å². The number of carbonyl (C=O) groups excluding carboxylic acids is 1. The Hall–Kier alpha value is -3.57. The third-order valence-corrected chi connectivity index (χ3v) is 7.76. The van der Waals surface area contributed by atoms with Crippen molar-refractivity contribution < 1.29 is 9.53 Å². The zero-order valence-electron chi connectivity index (χ0n) is 18.5. The van der Waals surface area contributed by atoms with E-state index in [0.717, 1.165) is 32.9 Å². The highest BCUT2D eigenvalue weighted by atomic mass is 32.1. The molecule has 0 aliphatic carbocycles. The van der Waals surface area contributed by atoms with Crippen molar-refractivity contribution in [3.63, 3.8) is 0 Å². The van der Waals surface area contributed by atoms with Crippen LogP contribution in [0.5, 0.6) is 0 Å². The number of hydrogen-bond acceptors (Lipinski definition) is 8. The van der Waals surface area contributed by atoms with Gasteiger partial charge in [0, 0.05) is 13.6 Å². The number of aryl methyl sites for hydroxylation is 2. The van der Waals surface area contributed by atoms with Crippen molar-refractivity contribution in [2.24, 2.45) is 7.05 Å². The molecule has 1 aromatic carbocycles. The normalized spacial score (nSPS) is 11.5. The summed E-state index contributed by atoms with van der Waals surface area (Å²) in [5, 5.41) is 0.852. The van der Waals surface area contributed by atoms with Crippen molar-refractivity contribution in [1.29, 1.82) is 0 Å². The number of fused-ring (bicyclic) bond motifs is 2. The van der Waals surface area contributed by atoms with Gasteiger partial charge in [0.05, 0.1) is 15.1 Å². The van der Waals surface area contributed by atoms with Gasteiger partial charge in [-0.05, 0) is 30.7 Å². The van der Waals surface area contributed by atoms with E-state index in [1.807, 2.05) is 37.3 Å². The summed E-state index contributed by atoms with van der Waals surface area (Å²) >= 11 is 2.89. The van der Waals surface area contributed by atoms with E-state index in [-0.39, 0.29) is 12.1 Å². The lowest BCUT2D eigenvalue weighted by molar-refractivity contribution is 0.0465. The van der Waals surface area contributed by atoms with E-state index in [1.165, 1.54) is 15.9 Å². The Morgan fingerprint density at radius 1 is 1.12 bits per heavy atom. The van der Waals surface area contributed by atoms with E-state index in [1.54, 1.807) is 29.0 Å². The molecule has 0 amide bonds. The molecule has 0 spiro atoms. The van der Waals surface area contributed by atoms with Crippen LogP contribution in [0.4, 0.5) is 0 Å². The summed E-state index contributed by atoms with van der Waals surface area (Å²) in [6.45, 7) is 2.34. The summed E-state index contributed by atoms with van der Waals surface area (Å²) in [6, 6.07) is 11.5. The first-order valence-corrected chi connectivity index (χ1v) is 12.4. The fraction of sp³-hybridized carbons (Fsp3) is 0.261. The lowest BCUT2D eigenvalue weighted by Gasteiger charge is -2.04. The van der Waals surface area contributed by atoms with Gasteiger partial charge in [-0.25, -0.2) is 19.6 Å². The number of nitrogens with zero attached hydrogens (tertiary/aromatic N) is 4. The van der Waals surface area contributed by atoms with Gasteiger partial charge < -0.3 is 9.30 Å². The predicted octanol–water partition coefficient (Wildman–Crippen LogP) is 3.92. The quantitative estimate of drug-likeness (QED) is 0.343. The SMILES string of the molecule is CCCCn1c(=O)[nH]c(=O)c2c1nc(COC(=O)c1ccc(-c3nc4ccccc4s3)s1)n2C. The van der Waals surface area contributed by atoms with E-state index in [2.05, 4.69) is 15.0 Å². The number of rotatable bonds is 7. The smallest absolute Gasteiger partial charge is 0.348 e. The van der Waals surface area contributed by atoms with Gasteiger partial charge in [-0.1, -0.05) is 25.5 Å². The molecular weight excluding hydrogens is 474 g/mol. The van der Waals surface area contributed by atoms with Gasteiger partial charge in [0.25, 0.3) is 5.56 Å². The Kier molecular flexibility index (Phi) is 5.88. The maximum Gasteiger partial charge on any atom is 0.348 e. The summed E-state index contributed by atoms with van der Waals surface area (Å²) in [4.78, 5) is 50.1. The van der Waals surface area contributed by atoms with Crippen LogP contribution in [0.3, 0.4) is 0 Å². The van der Waals surface area contributed by atoms with Crippen LogP contribution < -0.4 is 11.2 Å². The molecule has 0 unspecified atom stereocenters. The third-order valence-electron chi connectivity index (χ3n) is 5.49. The summed E-state index contributed by atoms with van der Waals surface area (Å²) in [6.07, 6.45) is 1.67. The number of esters is 1. The number of ether oxygens (including phenoxy) is 1. The van der Waals surface area contributed by atoms with Crippen molar-refractivity contribution in [1.82, 2.24) is 24.1 Å². The number of hydrogen-bond donors (Lipinski definition) is 1. The highest BCUT2D eigenvalue weighted by Crippen LogP contribution is 2.34. The highest BCUT2D eigenvalue weighted by Gasteiger charge is 2.19. The van der Waals surface area contributed by atoms with Crippen molar-refractivity contribution in [2.75, 3.05) is 0 Å². The Balaban J connectivity index is 1.37. The third kappa shape index (κ3) is 3.97. The Morgan fingerprint density at radius 3 is 2.74 bits per heavy atom. The first-order chi connectivity index (χ1) is 16.5. The Bertz CT molecular complexity index is 1610. The maximum atomic E-state index is 12.7. The van der Waals surface area contributed by atoms with E-state index in [4.69, 9.17) is 4.74 Å². The van der Waals surface area contributed by atoms with Gasteiger partial charge >= 0.3 is 11.7 Å². The number of imidazole rings is 1. The molecule has 5 aromatic rings. The van der Waals surface area contributed by atoms with Crippen LogP contribution in [0.2, 0.25) is 0 Å². The number of unbranched alkanes of at least 4 members (excludes halogenated alkanes) is 1. The van der Waals surface area contributed by atoms with Crippen LogP contribution in [0, 0.1) is 0 Å². The number of thiophene rings is 1. The lowest BCUT2D eigenvalue weighted by Crippen LogP contribution is -2.31. The molecule has 5 rings (SSSR count). The number of benzene rings is 1. The number of thiazole rings is 1. The molecule has 11 heteroatoms. The second-order valence-corrected chi connectivity index (χ2v) is 9.86. The number of para-hydroxylation sites is 1. The predicted molar refractivity (Wildman–Crippen MR) is 133 cm³/mol. The first kappa shape index (κ1) is 22.2. The molecule has 0 saturated carbocycles. The van der Waals surface area contributed by atoms with Gasteiger partial charge in [-0.15, -0.1) is 22.7 Å². The van der Waals surface area contributed by atoms with Crippen molar-refractivity contribution in [3.05, 3.63) is 67.9 Å². The summed E-state index contributed by atoms with van der Waals surface area (Å²) in [5.41, 5.74) is 0.489. The molecule has 0 aliphatic rings. The molecule has 4 heterocycles. The molecule has 0 radical (unpaired) electrons. The zero-order valence-corrected chi connectivity index (χ0v) is 20.2. The van der Waals surface area contributed by atoms with Gasteiger partial charge in [0.2, 0.25) is 0 Å². The van der Waals surface area contributed by atoms with Gasteiger partial charge in [0.1, 0.15) is 22.3 Å². The number of nitrogens with one attached hydrogen (secondary N) is 1. The standard InChI is InChI=1S/C23H21N5O4S2/c1-3-4-11-28-19-18(20(29)26-23(28)31)27(2)17(25-19)12-32-22(30)16-10-9-15(33-16)21-24-13-7-5-6-8-14(13)34-21/h5-10H,3-4,11-12H2,1-2H3,(H,26,29,31). The first-order valence-electron chi connectivity index (χ1n) is 10.8. The van der Waals surface area contributed by atoms with E-state index < -0.39 is 17.2 Å². The zero-order chi connectivity index (χ0) is 23.8. The van der Waals surface area contributed by atoms with E-state index in [9.17, 15) is 14.4 Å². The average molecular weight is 496 g/mol. The van der Waals surface area contributed by atoms with Crippen LogP contribution in [-0.2, 0) is 24.9 Å². The van der Waals surface area contributed by atoms with Crippen LogP contribution in [0.15, 0.2) is 46.0 Å². The fourth-order valence-electron chi connectivity index (χ4n) is 3.69. The fourth-order valence-corrected chi connectivity index (χ4v) is 5.61. The van der Waals surface area contributed by atoms with Gasteiger partial charge in [-0.2, -0.15) is 0 Å². The molecule has 174 valence electrons. The molecule has 34 heavy (non-hydrogen) atoms. The molecule has 0 fully saturated rings. The van der Waals surface area contributed by atoms with Crippen molar-refractivity contribution >= 4 is 50.0 Å². The topological polar surface area (TPSA) is 112 Å². The van der Waals surface area contributed by atoms with Crippen LogP contribution in [0.1, 0.15) is 35.3 Å². The van der Waals surface area contributed by atoms with E-state index in [0.29, 0.717) is 22.9 Å². The van der Waals surface area contributed by atoms with Crippen LogP contribution in [-0.4, -0.2) is 30.1 Å².